The van der Waals surface area contributed by atoms with E-state index in [0.29, 0.717) is 25.7 Å². The Bertz CT molecular complexity index is 525. The molecule has 0 radical (unpaired) electrons. The average molecular weight is 315 g/mol. The molecule has 5 nitrogen and oxygen atoms in total. The summed E-state index contributed by atoms with van der Waals surface area (Å²) in [5.74, 6) is -1.64. The van der Waals surface area contributed by atoms with Crippen molar-refractivity contribution >= 4 is 29.3 Å². The molecule has 0 aromatic heterocycles. The summed E-state index contributed by atoms with van der Waals surface area (Å²) in [5.41, 5.74) is 0.275. The van der Waals surface area contributed by atoms with Gasteiger partial charge in [0.05, 0.1) is 5.92 Å². The van der Waals surface area contributed by atoms with Crippen LogP contribution < -0.4 is 10.6 Å². The molecule has 1 fully saturated rings. The molecule has 0 aliphatic heterocycles. The molecule has 0 saturated heterocycles. The van der Waals surface area contributed by atoms with Gasteiger partial charge in [0.15, 0.2) is 0 Å². The first-order valence-electron chi connectivity index (χ1n) is 6.70. The number of aliphatic carboxylic acids is 1. The van der Waals surface area contributed by atoms with Crippen LogP contribution in [0.2, 0.25) is 5.02 Å². The number of rotatable bonds is 3. The van der Waals surface area contributed by atoms with Crippen molar-refractivity contribution in [2.24, 2.45) is 5.92 Å². The van der Waals surface area contributed by atoms with Crippen molar-refractivity contribution in [3.8, 4) is 0 Å². The van der Waals surface area contributed by atoms with Gasteiger partial charge < -0.3 is 15.7 Å². The highest BCUT2D eigenvalue weighted by Gasteiger charge is 2.26. The number of carbonyl (C=O) groups excluding carboxylic acids is 1. The van der Waals surface area contributed by atoms with E-state index in [0.717, 1.165) is 6.07 Å². The Balaban J connectivity index is 1.84. The third-order valence-electron chi connectivity index (χ3n) is 3.53. The lowest BCUT2D eigenvalue weighted by molar-refractivity contribution is -0.142. The Morgan fingerprint density at radius 2 is 1.86 bits per heavy atom. The van der Waals surface area contributed by atoms with Crippen LogP contribution in [0.3, 0.4) is 0 Å². The summed E-state index contributed by atoms with van der Waals surface area (Å²) >= 11 is 5.70. The van der Waals surface area contributed by atoms with E-state index in [1.54, 1.807) is 0 Å². The fraction of sp³-hybridized carbons (Fsp3) is 0.429. The minimum absolute atomic E-state index is 0.0652. The Kier molecular flexibility index (Phi) is 5.01. The van der Waals surface area contributed by atoms with Crippen LogP contribution in [0.1, 0.15) is 25.7 Å². The number of nitrogens with one attached hydrogen (secondary N) is 2. The van der Waals surface area contributed by atoms with E-state index in [-0.39, 0.29) is 22.7 Å². The first-order chi connectivity index (χ1) is 9.94. The molecule has 0 heterocycles. The SMILES string of the molecule is O=C(Nc1cc(F)cc(Cl)c1)NC1CCC(C(=O)O)CC1. The quantitative estimate of drug-likeness (QED) is 0.801. The summed E-state index contributed by atoms with van der Waals surface area (Å²) in [7, 11) is 0. The summed E-state index contributed by atoms with van der Waals surface area (Å²) in [6, 6.07) is 3.26. The van der Waals surface area contributed by atoms with Gasteiger partial charge in [-0.3, -0.25) is 4.79 Å². The molecule has 2 rings (SSSR count). The standard InChI is InChI=1S/C14H16ClFN2O3/c15-9-5-10(16)7-12(6-9)18-14(21)17-11-3-1-8(2-4-11)13(19)20/h5-8,11H,1-4H2,(H,19,20)(H2,17,18,21). The lowest BCUT2D eigenvalue weighted by atomic mass is 9.86. The van der Waals surface area contributed by atoms with E-state index >= 15 is 0 Å². The summed E-state index contributed by atoms with van der Waals surface area (Å²) in [6.07, 6.45) is 2.33. The normalized spacial score (nSPS) is 21.6. The molecule has 0 spiro atoms. The Labute approximate surface area is 126 Å². The Hall–Kier alpha value is -1.82. The number of amides is 2. The van der Waals surface area contributed by atoms with E-state index in [1.165, 1.54) is 12.1 Å². The van der Waals surface area contributed by atoms with Gasteiger partial charge in [-0.25, -0.2) is 9.18 Å². The molecule has 1 aromatic rings. The monoisotopic (exact) mass is 314 g/mol. The number of carbonyl (C=O) groups is 2. The molecule has 114 valence electrons. The highest BCUT2D eigenvalue weighted by Crippen LogP contribution is 2.24. The van der Waals surface area contributed by atoms with Gasteiger partial charge in [0, 0.05) is 16.8 Å². The molecule has 1 saturated carbocycles. The maximum absolute atomic E-state index is 13.1. The average Bonchev–Trinajstić information content (AvgIpc) is 2.37. The minimum atomic E-state index is -0.785. The Morgan fingerprint density at radius 3 is 2.43 bits per heavy atom. The summed E-state index contributed by atoms with van der Waals surface area (Å²) < 4.78 is 13.1. The molecular formula is C14H16ClFN2O3. The second kappa shape index (κ2) is 6.76. The van der Waals surface area contributed by atoms with Crippen LogP contribution >= 0.6 is 11.6 Å². The number of hydrogen-bond acceptors (Lipinski definition) is 2. The van der Waals surface area contributed by atoms with E-state index in [1.807, 2.05) is 0 Å². The van der Waals surface area contributed by atoms with Crippen LogP contribution in [0.25, 0.3) is 0 Å². The number of urea groups is 1. The van der Waals surface area contributed by atoms with E-state index in [2.05, 4.69) is 10.6 Å². The molecule has 1 aliphatic rings. The van der Waals surface area contributed by atoms with Crippen LogP contribution in [0.15, 0.2) is 18.2 Å². The van der Waals surface area contributed by atoms with Gasteiger partial charge in [-0.05, 0) is 43.9 Å². The van der Waals surface area contributed by atoms with Crippen molar-refractivity contribution in [3.05, 3.63) is 29.0 Å². The molecule has 0 bridgehead atoms. The predicted octanol–water partition coefficient (Wildman–Crippen LogP) is 3.24. The van der Waals surface area contributed by atoms with Crippen molar-refractivity contribution in [1.29, 1.82) is 0 Å². The third kappa shape index (κ3) is 4.60. The van der Waals surface area contributed by atoms with Gasteiger partial charge in [0.2, 0.25) is 0 Å². The lowest BCUT2D eigenvalue weighted by Gasteiger charge is -2.26. The molecule has 2 amide bonds. The second-order valence-corrected chi connectivity index (χ2v) is 5.58. The topological polar surface area (TPSA) is 78.4 Å². The van der Waals surface area contributed by atoms with Crippen molar-refractivity contribution in [2.75, 3.05) is 5.32 Å². The van der Waals surface area contributed by atoms with Crippen LogP contribution in [0.4, 0.5) is 14.9 Å². The number of benzene rings is 1. The molecule has 1 aromatic carbocycles. The van der Waals surface area contributed by atoms with Gasteiger partial charge in [-0.2, -0.15) is 0 Å². The van der Waals surface area contributed by atoms with Gasteiger partial charge in [0.1, 0.15) is 5.82 Å². The number of hydrogen-bond donors (Lipinski definition) is 3. The molecule has 1 aliphatic carbocycles. The van der Waals surface area contributed by atoms with Gasteiger partial charge in [-0.15, -0.1) is 0 Å². The van der Waals surface area contributed by atoms with Crippen molar-refractivity contribution < 1.29 is 19.1 Å². The predicted molar refractivity (Wildman–Crippen MR) is 76.9 cm³/mol. The highest BCUT2D eigenvalue weighted by molar-refractivity contribution is 6.30. The molecule has 0 unspecified atom stereocenters. The smallest absolute Gasteiger partial charge is 0.319 e. The van der Waals surface area contributed by atoms with E-state index < -0.39 is 17.8 Å². The highest BCUT2D eigenvalue weighted by atomic mass is 35.5. The largest absolute Gasteiger partial charge is 0.481 e. The molecule has 3 N–H and O–H groups in total. The maximum atomic E-state index is 13.1. The zero-order valence-corrected chi connectivity index (χ0v) is 12.0. The zero-order chi connectivity index (χ0) is 15.4. The molecule has 21 heavy (non-hydrogen) atoms. The van der Waals surface area contributed by atoms with Crippen LogP contribution in [0.5, 0.6) is 0 Å². The summed E-state index contributed by atoms with van der Waals surface area (Å²) in [6.45, 7) is 0. The van der Waals surface area contributed by atoms with E-state index in [9.17, 15) is 14.0 Å². The number of carboxylic acid groups (broad SMARTS) is 1. The van der Waals surface area contributed by atoms with Crippen LogP contribution in [-0.2, 0) is 4.79 Å². The lowest BCUT2D eigenvalue weighted by Crippen LogP contribution is -2.41. The number of carboxylic acids is 1. The van der Waals surface area contributed by atoms with Crippen molar-refractivity contribution in [3.63, 3.8) is 0 Å². The molecule has 0 atom stereocenters. The van der Waals surface area contributed by atoms with Crippen molar-refractivity contribution in [1.82, 2.24) is 5.32 Å². The minimum Gasteiger partial charge on any atom is -0.481 e. The Morgan fingerprint density at radius 1 is 1.19 bits per heavy atom. The molecule has 7 heteroatoms. The van der Waals surface area contributed by atoms with Crippen LogP contribution in [-0.4, -0.2) is 23.1 Å². The zero-order valence-electron chi connectivity index (χ0n) is 11.2. The maximum Gasteiger partial charge on any atom is 0.319 e. The van der Waals surface area contributed by atoms with E-state index in [4.69, 9.17) is 16.7 Å². The fourth-order valence-electron chi connectivity index (χ4n) is 2.46. The van der Waals surface area contributed by atoms with Crippen molar-refractivity contribution in [2.45, 2.75) is 31.7 Å². The first kappa shape index (κ1) is 15.6. The summed E-state index contributed by atoms with van der Waals surface area (Å²) in [4.78, 5) is 22.7. The van der Waals surface area contributed by atoms with Crippen LogP contribution in [0, 0.1) is 11.7 Å². The fourth-order valence-corrected chi connectivity index (χ4v) is 2.69. The first-order valence-corrected chi connectivity index (χ1v) is 7.08. The number of halogens is 2. The van der Waals surface area contributed by atoms with Gasteiger partial charge in [0.25, 0.3) is 0 Å². The van der Waals surface area contributed by atoms with Gasteiger partial charge in [-0.1, -0.05) is 11.6 Å². The third-order valence-corrected chi connectivity index (χ3v) is 3.75. The second-order valence-electron chi connectivity index (χ2n) is 5.14. The summed E-state index contributed by atoms with van der Waals surface area (Å²) in [5, 5.41) is 14.4. The van der Waals surface area contributed by atoms with Gasteiger partial charge >= 0.3 is 12.0 Å². The molecular weight excluding hydrogens is 299 g/mol. The number of anilines is 1.